The fourth-order valence-corrected chi connectivity index (χ4v) is 4.46. The van der Waals surface area contributed by atoms with E-state index in [1.807, 2.05) is 12.1 Å². The molecule has 0 spiro atoms. The first-order valence-corrected chi connectivity index (χ1v) is 11.9. The maximum atomic E-state index is 11.8. The summed E-state index contributed by atoms with van der Waals surface area (Å²) in [6.07, 6.45) is 2.42. The summed E-state index contributed by atoms with van der Waals surface area (Å²) < 4.78 is 25.3. The number of aromatic nitrogens is 2. The van der Waals surface area contributed by atoms with Gasteiger partial charge >= 0.3 is 0 Å². The number of rotatable bonds is 5. The van der Waals surface area contributed by atoms with Crippen molar-refractivity contribution in [2.24, 2.45) is 0 Å². The van der Waals surface area contributed by atoms with Gasteiger partial charge in [-0.05, 0) is 48.7 Å². The third-order valence-corrected chi connectivity index (χ3v) is 6.89. The summed E-state index contributed by atoms with van der Waals surface area (Å²) >= 11 is 0. The SMILES string of the molecule is CS(=O)(=O)c1ccc(-c2cc(C3(O)CCC(=O)CC3)nn2-c2ccc(CO)cc2)cc1. The molecule has 7 nitrogen and oxygen atoms in total. The Morgan fingerprint density at radius 3 is 2.19 bits per heavy atom. The molecule has 2 aromatic carbocycles. The summed E-state index contributed by atoms with van der Waals surface area (Å²) in [7, 11) is -3.32. The highest BCUT2D eigenvalue weighted by Crippen LogP contribution is 2.37. The summed E-state index contributed by atoms with van der Waals surface area (Å²) in [6.45, 7) is -0.0712. The van der Waals surface area contributed by atoms with Crippen LogP contribution in [0.5, 0.6) is 0 Å². The number of hydrogen-bond acceptors (Lipinski definition) is 6. The minimum absolute atomic E-state index is 0.0712. The van der Waals surface area contributed by atoms with Crippen molar-refractivity contribution >= 4 is 15.6 Å². The standard InChI is InChI=1S/C23H24N2O5S/c1-31(29,30)20-8-4-17(5-9-20)21-14-22(23(28)12-10-19(27)11-13-23)24-25(21)18-6-2-16(15-26)3-7-18/h2-9,14,26,28H,10-13,15H2,1H3. The van der Waals surface area contributed by atoms with E-state index in [1.165, 1.54) is 0 Å². The van der Waals surface area contributed by atoms with E-state index in [0.717, 1.165) is 23.1 Å². The van der Waals surface area contributed by atoms with Crippen LogP contribution in [0.2, 0.25) is 0 Å². The van der Waals surface area contributed by atoms with E-state index >= 15 is 0 Å². The molecule has 1 heterocycles. The average Bonchev–Trinajstić information content (AvgIpc) is 3.22. The second-order valence-electron chi connectivity index (χ2n) is 8.02. The molecule has 2 N–H and O–H groups in total. The molecule has 1 saturated carbocycles. The van der Waals surface area contributed by atoms with Gasteiger partial charge in [0.1, 0.15) is 11.4 Å². The van der Waals surface area contributed by atoms with Gasteiger partial charge in [-0.25, -0.2) is 13.1 Å². The highest BCUT2D eigenvalue weighted by atomic mass is 32.2. The predicted molar refractivity (Wildman–Crippen MR) is 115 cm³/mol. The Kier molecular flexibility index (Phi) is 5.55. The minimum atomic E-state index is -3.32. The number of nitrogens with zero attached hydrogens (tertiary/aromatic N) is 2. The maximum Gasteiger partial charge on any atom is 0.175 e. The van der Waals surface area contributed by atoms with Crippen LogP contribution in [0.15, 0.2) is 59.5 Å². The van der Waals surface area contributed by atoms with Gasteiger partial charge in [0.25, 0.3) is 0 Å². The first-order valence-electron chi connectivity index (χ1n) is 10.0. The molecule has 0 unspecified atom stereocenters. The van der Waals surface area contributed by atoms with Crippen LogP contribution < -0.4 is 0 Å². The summed E-state index contributed by atoms with van der Waals surface area (Å²) in [5.41, 5.74) is 2.23. The minimum Gasteiger partial charge on any atom is -0.392 e. The number of carbonyl (C=O) groups excluding carboxylic acids is 1. The number of hydrogen-bond donors (Lipinski definition) is 2. The number of Topliss-reactive ketones (excluding diaryl/α,β-unsaturated/α-hetero) is 1. The number of carbonyl (C=O) groups is 1. The molecule has 0 amide bonds. The predicted octanol–water partition coefficient (Wildman–Crippen LogP) is 2.77. The van der Waals surface area contributed by atoms with Gasteiger partial charge in [-0.3, -0.25) is 4.79 Å². The Balaban J connectivity index is 1.82. The Morgan fingerprint density at radius 2 is 1.65 bits per heavy atom. The zero-order chi connectivity index (χ0) is 22.2. The number of sulfone groups is 1. The summed E-state index contributed by atoms with van der Waals surface area (Å²) in [4.78, 5) is 11.9. The van der Waals surface area contributed by atoms with E-state index in [4.69, 9.17) is 0 Å². The Morgan fingerprint density at radius 1 is 1.03 bits per heavy atom. The van der Waals surface area contributed by atoms with Crippen molar-refractivity contribution in [2.75, 3.05) is 6.26 Å². The fraction of sp³-hybridized carbons (Fsp3) is 0.304. The van der Waals surface area contributed by atoms with Crippen molar-refractivity contribution in [2.45, 2.75) is 42.8 Å². The van der Waals surface area contributed by atoms with Crippen LogP contribution in [0.25, 0.3) is 16.9 Å². The molecule has 0 radical (unpaired) electrons. The van der Waals surface area contributed by atoms with E-state index in [2.05, 4.69) is 5.10 Å². The van der Waals surface area contributed by atoms with E-state index < -0.39 is 15.4 Å². The van der Waals surface area contributed by atoms with Crippen molar-refractivity contribution < 1.29 is 23.4 Å². The molecule has 1 aliphatic carbocycles. The lowest BCUT2D eigenvalue weighted by atomic mass is 9.82. The van der Waals surface area contributed by atoms with Gasteiger partial charge in [-0.1, -0.05) is 24.3 Å². The zero-order valence-corrected chi connectivity index (χ0v) is 18.0. The molecule has 31 heavy (non-hydrogen) atoms. The van der Waals surface area contributed by atoms with Gasteiger partial charge in [0, 0.05) is 24.7 Å². The zero-order valence-electron chi connectivity index (χ0n) is 17.2. The van der Waals surface area contributed by atoms with Crippen molar-refractivity contribution in [3.05, 3.63) is 65.9 Å². The van der Waals surface area contributed by atoms with Gasteiger partial charge in [-0.15, -0.1) is 0 Å². The second-order valence-corrected chi connectivity index (χ2v) is 10.0. The summed E-state index contributed by atoms with van der Waals surface area (Å²) in [5, 5.41) is 25.2. The molecule has 0 saturated heterocycles. The monoisotopic (exact) mass is 440 g/mol. The lowest BCUT2D eigenvalue weighted by molar-refractivity contribution is -0.125. The van der Waals surface area contributed by atoms with Gasteiger partial charge in [0.15, 0.2) is 9.84 Å². The molecule has 162 valence electrons. The van der Waals surface area contributed by atoms with Gasteiger partial charge in [0.2, 0.25) is 0 Å². The Bertz CT molecular complexity index is 1200. The third kappa shape index (κ3) is 4.32. The molecule has 0 atom stereocenters. The quantitative estimate of drug-likeness (QED) is 0.631. The normalized spacial score (nSPS) is 16.4. The molecule has 1 aliphatic rings. The van der Waals surface area contributed by atoms with Crippen LogP contribution in [0.1, 0.15) is 36.9 Å². The van der Waals surface area contributed by atoms with E-state index in [0.29, 0.717) is 37.1 Å². The lowest BCUT2D eigenvalue weighted by Crippen LogP contribution is -2.32. The lowest BCUT2D eigenvalue weighted by Gasteiger charge is -2.29. The smallest absolute Gasteiger partial charge is 0.175 e. The van der Waals surface area contributed by atoms with Crippen molar-refractivity contribution in [3.8, 4) is 16.9 Å². The van der Waals surface area contributed by atoms with E-state index in [9.17, 15) is 23.4 Å². The molecule has 1 aromatic heterocycles. The van der Waals surface area contributed by atoms with Gasteiger partial charge in [-0.2, -0.15) is 5.10 Å². The Hall–Kier alpha value is -2.81. The largest absolute Gasteiger partial charge is 0.392 e. The van der Waals surface area contributed by atoms with Crippen LogP contribution in [-0.4, -0.2) is 40.5 Å². The van der Waals surface area contributed by atoms with Crippen molar-refractivity contribution in [1.82, 2.24) is 9.78 Å². The molecule has 0 aliphatic heterocycles. The van der Waals surface area contributed by atoms with Gasteiger partial charge < -0.3 is 10.2 Å². The molecular formula is C23H24N2O5S. The van der Waals surface area contributed by atoms with E-state index in [1.54, 1.807) is 47.1 Å². The molecular weight excluding hydrogens is 416 g/mol. The molecule has 1 fully saturated rings. The molecule has 3 aromatic rings. The maximum absolute atomic E-state index is 11.8. The molecule has 0 bridgehead atoms. The highest BCUT2D eigenvalue weighted by Gasteiger charge is 2.37. The van der Waals surface area contributed by atoms with Crippen molar-refractivity contribution in [1.29, 1.82) is 0 Å². The first kappa shape index (κ1) is 21.4. The number of aliphatic hydroxyl groups excluding tert-OH is 1. The number of benzene rings is 2. The van der Waals surface area contributed by atoms with Gasteiger partial charge in [0.05, 0.1) is 28.6 Å². The van der Waals surface area contributed by atoms with Crippen LogP contribution in [0, 0.1) is 0 Å². The van der Waals surface area contributed by atoms with Crippen LogP contribution in [0.4, 0.5) is 0 Å². The average molecular weight is 441 g/mol. The highest BCUT2D eigenvalue weighted by molar-refractivity contribution is 7.90. The van der Waals surface area contributed by atoms with Crippen LogP contribution >= 0.6 is 0 Å². The first-order chi connectivity index (χ1) is 14.7. The van der Waals surface area contributed by atoms with Crippen LogP contribution in [-0.2, 0) is 26.8 Å². The second kappa shape index (κ2) is 8.03. The number of ketones is 1. The Labute approximate surface area is 180 Å². The molecule has 8 heteroatoms. The summed E-state index contributed by atoms with van der Waals surface area (Å²) in [5.74, 6) is 0.139. The fourth-order valence-electron chi connectivity index (χ4n) is 3.82. The topological polar surface area (TPSA) is 109 Å². The molecule has 4 rings (SSSR count). The van der Waals surface area contributed by atoms with Crippen molar-refractivity contribution in [3.63, 3.8) is 0 Å². The van der Waals surface area contributed by atoms with Crippen LogP contribution in [0.3, 0.4) is 0 Å². The number of aliphatic hydroxyl groups is 2. The van der Waals surface area contributed by atoms with E-state index in [-0.39, 0.29) is 17.3 Å². The summed E-state index contributed by atoms with van der Waals surface area (Å²) in [6, 6.07) is 15.5. The third-order valence-electron chi connectivity index (χ3n) is 5.76.